The molecule has 1 heterocycles. The molecule has 2 aliphatic rings. The highest BCUT2D eigenvalue weighted by Crippen LogP contribution is 2.25. The molecule has 6 nitrogen and oxygen atoms in total. The van der Waals surface area contributed by atoms with E-state index in [1.165, 1.54) is 7.11 Å². The van der Waals surface area contributed by atoms with Crippen molar-refractivity contribution < 1.29 is 19.1 Å². The number of methoxy groups -OCH3 is 1. The van der Waals surface area contributed by atoms with E-state index in [9.17, 15) is 14.4 Å². The summed E-state index contributed by atoms with van der Waals surface area (Å²) >= 11 is 0. The summed E-state index contributed by atoms with van der Waals surface area (Å²) in [6.07, 6.45) is 4.19. The third-order valence-electron chi connectivity index (χ3n) is 4.24. The van der Waals surface area contributed by atoms with Gasteiger partial charge in [0.05, 0.1) is 18.9 Å². The van der Waals surface area contributed by atoms with Crippen LogP contribution in [0.15, 0.2) is 0 Å². The van der Waals surface area contributed by atoms with Gasteiger partial charge in [0.2, 0.25) is 11.8 Å². The topological polar surface area (TPSA) is 84.5 Å². The summed E-state index contributed by atoms with van der Waals surface area (Å²) < 4.78 is 4.74. The third kappa shape index (κ3) is 3.71. The molecule has 2 amide bonds. The predicted octanol–water partition coefficient (Wildman–Crippen LogP) is 0.361. The van der Waals surface area contributed by atoms with Gasteiger partial charge in [0.25, 0.3) is 0 Å². The molecule has 20 heavy (non-hydrogen) atoms. The van der Waals surface area contributed by atoms with E-state index in [0.717, 1.165) is 25.7 Å². The number of carbonyl (C=O) groups is 3. The van der Waals surface area contributed by atoms with Crippen molar-refractivity contribution in [3.63, 3.8) is 0 Å². The highest BCUT2D eigenvalue weighted by molar-refractivity contribution is 5.83. The largest absolute Gasteiger partial charge is 0.469 e. The molecular formula is C14H22N2O4. The van der Waals surface area contributed by atoms with Gasteiger partial charge in [0.1, 0.15) is 0 Å². The minimum atomic E-state index is -0.148. The van der Waals surface area contributed by atoms with Crippen LogP contribution in [0.25, 0.3) is 0 Å². The van der Waals surface area contributed by atoms with Crippen molar-refractivity contribution in [3.05, 3.63) is 0 Å². The molecule has 1 aliphatic carbocycles. The van der Waals surface area contributed by atoms with Crippen molar-refractivity contribution in [2.75, 3.05) is 13.7 Å². The molecule has 1 saturated carbocycles. The summed E-state index contributed by atoms with van der Waals surface area (Å²) in [4.78, 5) is 34.6. The minimum absolute atomic E-state index is 0.0199. The summed E-state index contributed by atoms with van der Waals surface area (Å²) in [5.41, 5.74) is 0. The third-order valence-corrected chi connectivity index (χ3v) is 4.24. The van der Waals surface area contributed by atoms with Gasteiger partial charge in [-0.2, -0.15) is 0 Å². The van der Waals surface area contributed by atoms with E-state index < -0.39 is 0 Å². The Balaban J connectivity index is 1.73. The molecule has 0 bridgehead atoms. The Labute approximate surface area is 118 Å². The van der Waals surface area contributed by atoms with Crippen molar-refractivity contribution >= 4 is 17.8 Å². The SMILES string of the molecule is COC(=O)C1CCC(NC(=O)C2CCC(=O)NC2)CC1. The molecule has 0 radical (unpaired) electrons. The van der Waals surface area contributed by atoms with Gasteiger partial charge < -0.3 is 15.4 Å². The van der Waals surface area contributed by atoms with E-state index in [2.05, 4.69) is 10.6 Å². The van der Waals surface area contributed by atoms with Crippen LogP contribution in [-0.4, -0.2) is 37.5 Å². The molecule has 1 atom stereocenters. The highest BCUT2D eigenvalue weighted by Gasteiger charge is 2.30. The summed E-state index contributed by atoms with van der Waals surface area (Å²) in [5.74, 6) is -0.253. The Morgan fingerprint density at radius 3 is 2.40 bits per heavy atom. The Bertz CT molecular complexity index is 379. The number of hydrogen-bond acceptors (Lipinski definition) is 4. The van der Waals surface area contributed by atoms with E-state index >= 15 is 0 Å². The summed E-state index contributed by atoms with van der Waals surface area (Å²) in [7, 11) is 1.41. The number of carbonyl (C=O) groups excluding carboxylic acids is 3. The lowest BCUT2D eigenvalue weighted by Gasteiger charge is -2.30. The molecule has 0 aromatic rings. The molecule has 0 aromatic heterocycles. The standard InChI is InChI=1S/C14H22N2O4/c1-20-14(19)9-2-5-11(6-3-9)16-13(18)10-4-7-12(17)15-8-10/h9-11H,2-8H2,1H3,(H,15,17)(H,16,18). The van der Waals surface area contributed by atoms with E-state index in [4.69, 9.17) is 4.74 Å². The van der Waals surface area contributed by atoms with Crippen molar-refractivity contribution in [1.29, 1.82) is 0 Å². The minimum Gasteiger partial charge on any atom is -0.469 e. The number of hydrogen-bond donors (Lipinski definition) is 2. The molecule has 1 saturated heterocycles. The number of piperidine rings is 1. The number of ether oxygens (including phenoxy) is 1. The molecule has 0 aromatic carbocycles. The second-order valence-corrected chi connectivity index (χ2v) is 5.62. The van der Waals surface area contributed by atoms with Crippen LogP contribution in [0.4, 0.5) is 0 Å². The summed E-state index contributed by atoms with van der Waals surface area (Å²) in [6, 6.07) is 0.140. The predicted molar refractivity (Wildman–Crippen MR) is 71.6 cm³/mol. The van der Waals surface area contributed by atoms with Gasteiger partial charge in [-0.1, -0.05) is 0 Å². The van der Waals surface area contributed by atoms with Gasteiger partial charge >= 0.3 is 5.97 Å². The van der Waals surface area contributed by atoms with Crippen LogP contribution >= 0.6 is 0 Å². The summed E-state index contributed by atoms with van der Waals surface area (Å²) in [6.45, 7) is 0.433. The van der Waals surface area contributed by atoms with E-state index in [0.29, 0.717) is 19.4 Å². The molecule has 0 spiro atoms. The Kier molecular flexibility index (Phi) is 4.98. The quantitative estimate of drug-likeness (QED) is 0.732. The molecule has 1 aliphatic heterocycles. The van der Waals surface area contributed by atoms with Crippen LogP contribution in [0, 0.1) is 11.8 Å². The van der Waals surface area contributed by atoms with Crippen molar-refractivity contribution in [1.82, 2.24) is 10.6 Å². The maximum absolute atomic E-state index is 12.1. The van der Waals surface area contributed by atoms with E-state index in [-0.39, 0.29) is 35.7 Å². The lowest BCUT2D eigenvalue weighted by Crippen LogP contribution is -2.47. The number of nitrogens with one attached hydrogen (secondary N) is 2. The van der Waals surface area contributed by atoms with Crippen LogP contribution in [-0.2, 0) is 19.1 Å². The Morgan fingerprint density at radius 1 is 1.15 bits per heavy atom. The fraction of sp³-hybridized carbons (Fsp3) is 0.786. The van der Waals surface area contributed by atoms with Crippen molar-refractivity contribution in [2.24, 2.45) is 11.8 Å². The molecule has 6 heteroatoms. The van der Waals surface area contributed by atoms with Crippen LogP contribution in [0.5, 0.6) is 0 Å². The maximum Gasteiger partial charge on any atom is 0.308 e. The van der Waals surface area contributed by atoms with Crippen LogP contribution in [0.2, 0.25) is 0 Å². The fourth-order valence-electron chi connectivity index (χ4n) is 2.92. The number of amides is 2. The highest BCUT2D eigenvalue weighted by atomic mass is 16.5. The van der Waals surface area contributed by atoms with Crippen LogP contribution in [0.3, 0.4) is 0 Å². The first kappa shape index (κ1) is 14.8. The normalized spacial score (nSPS) is 30.2. The second kappa shape index (κ2) is 6.72. The molecule has 2 N–H and O–H groups in total. The Morgan fingerprint density at radius 2 is 1.85 bits per heavy atom. The number of esters is 1. The average Bonchev–Trinajstić information content (AvgIpc) is 2.48. The van der Waals surface area contributed by atoms with Gasteiger partial charge in [0, 0.05) is 19.0 Å². The Hall–Kier alpha value is -1.59. The molecular weight excluding hydrogens is 260 g/mol. The fourth-order valence-corrected chi connectivity index (χ4v) is 2.92. The van der Waals surface area contributed by atoms with Gasteiger partial charge in [-0.3, -0.25) is 14.4 Å². The zero-order valence-electron chi connectivity index (χ0n) is 11.8. The first-order valence-corrected chi connectivity index (χ1v) is 7.25. The first-order valence-electron chi connectivity index (χ1n) is 7.25. The second-order valence-electron chi connectivity index (χ2n) is 5.62. The van der Waals surface area contributed by atoms with E-state index in [1.54, 1.807) is 0 Å². The average molecular weight is 282 g/mol. The van der Waals surface area contributed by atoms with Crippen molar-refractivity contribution in [3.8, 4) is 0 Å². The van der Waals surface area contributed by atoms with Gasteiger partial charge in [-0.15, -0.1) is 0 Å². The van der Waals surface area contributed by atoms with Crippen molar-refractivity contribution in [2.45, 2.75) is 44.6 Å². The zero-order chi connectivity index (χ0) is 14.5. The lowest BCUT2D eigenvalue weighted by atomic mass is 9.85. The van der Waals surface area contributed by atoms with Crippen LogP contribution in [0.1, 0.15) is 38.5 Å². The molecule has 1 unspecified atom stereocenters. The van der Waals surface area contributed by atoms with E-state index in [1.807, 2.05) is 0 Å². The van der Waals surface area contributed by atoms with Crippen LogP contribution < -0.4 is 10.6 Å². The smallest absolute Gasteiger partial charge is 0.308 e. The summed E-state index contributed by atoms with van der Waals surface area (Å²) in [5, 5.41) is 5.76. The van der Waals surface area contributed by atoms with Gasteiger partial charge in [0.15, 0.2) is 0 Å². The first-order chi connectivity index (χ1) is 9.60. The van der Waals surface area contributed by atoms with Gasteiger partial charge in [-0.05, 0) is 32.1 Å². The number of rotatable bonds is 3. The zero-order valence-corrected chi connectivity index (χ0v) is 11.8. The molecule has 2 rings (SSSR count). The molecule has 2 fully saturated rings. The monoisotopic (exact) mass is 282 g/mol. The maximum atomic E-state index is 12.1. The lowest BCUT2D eigenvalue weighted by molar-refractivity contribution is -0.146. The molecule has 112 valence electrons. The van der Waals surface area contributed by atoms with Gasteiger partial charge in [-0.25, -0.2) is 0 Å².